The first kappa shape index (κ1) is 22.0. The fourth-order valence-corrected chi connectivity index (χ4v) is 3.96. The van der Waals surface area contributed by atoms with E-state index < -0.39 is 8.07 Å². The Hall–Kier alpha value is -2.70. The molecule has 0 aliphatic rings. The Morgan fingerprint density at radius 2 is 1.67 bits per heavy atom. The van der Waals surface area contributed by atoms with Crippen LogP contribution in [-0.2, 0) is 11.5 Å². The molecule has 0 atom stereocenters. The smallest absolute Gasteiger partial charge is 0.180 e. The van der Waals surface area contributed by atoms with Crippen molar-refractivity contribution in [3.05, 3.63) is 60.3 Å². The molecule has 3 aromatic rings. The maximum atomic E-state index is 12.5. The average molecular weight is 423 g/mol. The van der Waals surface area contributed by atoms with Gasteiger partial charge in [-0.05, 0) is 30.3 Å². The topological polar surface area (TPSA) is 53.3 Å². The number of nitrogens with zero attached hydrogens (tertiary/aromatic N) is 2. The predicted octanol–water partition coefficient (Wildman–Crippen LogP) is 5.74. The van der Waals surface area contributed by atoms with E-state index in [4.69, 9.17) is 14.5 Å². The highest BCUT2D eigenvalue weighted by molar-refractivity contribution is 6.76. The van der Waals surface area contributed by atoms with Crippen molar-refractivity contribution in [2.75, 3.05) is 13.7 Å². The molecular formula is C24H30N2O3Si. The third-order valence-corrected chi connectivity index (χ3v) is 6.62. The number of carbonyl (C=O) groups is 1. The quantitative estimate of drug-likeness (QED) is 0.251. The van der Waals surface area contributed by atoms with E-state index in [9.17, 15) is 4.79 Å². The third-order valence-electron chi connectivity index (χ3n) is 4.91. The predicted molar refractivity (Wildman–Crippen MR) is 124 cm³/mol. The Morgan fingerprint density at radius 3 is 2.23 bits per heavy atom. The van der Waals surface area contributed by atoms with Gasteiger partial charge < -0.3 is 9.47 Å². The van der Waals surface area contributed by atoms with Crippen molar-refractivity contribution in [3.8, 4) is 28.4 Å². The Morgan fingerprint density at radius 1 is 1.00 bits per heavy atom. The van der Waals surface area contributed by atoms with Crippen molar-refractivity contribution in [1.29, 1.82) is 0 Å². The average Bonchev–Trinajstić information content (AvgIpc) is 3.11. The van der Waals surface area contributed by atoms with Crippen LogP contribution >= 0.6 is 0 Å². The van der Waals surface area contributed by atoms with E-state index in [0.29, 0.717) is 19.0 Å². The number of hydrogen-bond donors (Lipinski definition) is 0. The number of rotatable bonds is 9. The Kier molecular flexibility index (Phi) is 6.90. The van der Waals surface area contributed by atoms with E-state index in [0.717, 1.165) is 34.4 Å². The summed E-state index contributed by atoms with van der Waals surface area (Å²) in [5.74, 6) is 1.43. The molecule has 0 spiro atoms. The largest absolute Gasteiger partial charge is 0.497 e. The van der Waals surface area contributed by atoms with Gasteiger partial charge in [0, 0.05) is 32.7 Å². The molecule has 0 N–H and O–H groups in total. The molecule has 0 radical (unpaired) electrons. The van der Waals surface area contributed by atoms with Crippen LogP contribution in [0.3, 0.4) is 0 Å². The molecule has 0 saturated heterocycles. The second-order valence-corrected chi connectivity index (χ2v) is 14.2. The van der Waals surface area contributed by atoms with Crippen LogP contribution in [0.5, 0.6) is 5.75 Å². The monoisotopic (exact) mass is 422 g/mol. The lowest BCUT2D eigenvalue weighted by Crippen LogP contribution is -2.22. The van der Waals surface area contributed by atoms with Crippen molar-refractivity contribution in [2.45, 2.75) is 39.3 Å². The Labute approximate surface area is 179 Å². The first-order valence-electron chi connectivity index (χ1n) is 10.2. The molecule has 30 heavy (non-hydrogen) atoms. The van der Waals surface area contributed by atoms with Gasteiger partial charge in [0.1, 0.15) is 24.0 Å². The fourth-order valence-electron chi connectivity index (χ4n) is 3.21. The number of benzene rings is 2. The van der Waals surface area contributed by atoms with E-state index in [1.165, 1.54) is 0 Å². The van der Waals surface area contributed by atoms with Crippen LogP contribution in [-0.4, -0.2) is 37.1 Å². The summed E-state index contributed by atoms with van der Waals surface area (Å²) < 4.78 is 13.4. The van der Waals surface area contributed by atoms with Crippen LogP contribution in [0.1, 0.15) is 17.4 Å². The molecule has 0 saturated carbocycles. The van der Waals surface area contributed by atoms with Gasteiger partial charge in [0.05, 0.1) is 12.8 Å². The molecule has 0 bridgehead atoms. The lowest BCUT2D eigenvalue weighted by atomic mass is 10.1. The molecule has 2 aromatic carbocycles. The molecule has 0 aliphatic heterocycles. The van der Waals surface area contributed by atoms with Crippen LogP contribution in [0, 0.1) is 0 Å². The maximum absolute atomic E-state index is 12.5. The van der Waals surface area contributed by atoms with Gasteiger partial charge in [0.2, 0.25) is 0 Å². The van der Waals surface area contributed by atoms with E-state index in [1.807, 2.05) is 59.2 Å². The lowest BCUT2D eigenvalue weighted by molar-refractivity contribution is 0.0892. The van der Waals surface area contributed by atoms with E-state index in [2.05, 4.69) is 19.6 Å². The highest BCUT2D eigenvalue weighted by Gasteiger charge is 2.23. The highest BCUT2D eigenvalue weighted by Crippen LogP contribution is 2.32. The standard InChI is InChI=1S/C24H30N2O3Si/c1-18(27)22-23(19-11-13-21(28-2)14-12-19)26(17-29-15-16-30(3,4)5)24(25-22)20-9-7-6-8-10-20/h6-14H,15-17H2,1-5H3. The molecule has 158 valence electrons. The highest BCUT2D eigenvalue weighted by atomic mass is 28.3. The van der Waals surface area contributed by atoms with Crippen LogP contribution < -0.4 is 4.74 Å². The first-order valence-corrected chi connectivity index (χ1v) is 13.9. The molecule has 3 rings (SSSR count). The summed E-state index contributed by atoms with van der Waals surface area (Å²) in [6.45, 7) is 9.59. The fraction of sp³-hybridized carbons (Fsp3) is 0.333. The summed E-state index contributed by atoms with van der Waals surface area (Å²) in [5.41, 5.74) is 3.09. The number of Topliss-reactive ketones (excluding diaryl/α,β-unsaturated/α-hetero) is 1. The molecule has 1 heterocycles. The van der Waals surface area contributed by atoms with E-state index >= 15 is 0 Å². The van der Waals surface area contributed by atoms with Crippen molar-refractivity contribution >= 4 is 13.9 Å². The Balaban J connectivity index is 2.07. The van der Waals surface area contributed by atoms with E-state index in [1.54, 1.807) is 14.0 Å². The molecule has 0 fully saturated rings. The first-order chi connectivity index (χ1) is 14.3. The SMILES string of the molecule is COc1ccc(-c2c(C(C)=O)nc(-c3ccccc3)n2COCC[Si](C)(C)C)cc1. The number of aromatic nitrogens is 2. The molecule has 0 aliphatic carbocycles. The lowest BCUT2D eigenvalue weighted by Gasteiger charge is -2.17. The third kappa shape index (κ3) is 5.26. The van der Waals surface area contributed by atoms with E-state index in [-0.39, 0.29) is 5.78 Å². The number of hydrogen-bond acceptors (Lipinski definition) is 4. The van der Waals surface area contributed by atoms with Crippen molar-refractivity contribution < 1.29 is 14.3 Å². The minimum atomic E-state index is -1.19. The van der Waals surface area contributed by atoms with Gasteiger partial charge in [0.25, 0.3) is 0 Å². The van der Waals surface area contributed by atoms with Crippen LogP contribution in [0.25, 0.3) is 22.6 Å². The van der Waals surface area contributed by atoms with Gasteiger partial charge in [-0.1, -0.05) is 50.0 Å². The van der Waals surface area contributed by atoms with Crippen LogP contribution in [0.2, 0.25) is 25.7 Å². The summed E-state index contributed by atoms with van der Waals surface area (Å²) >= 11 is 0. The molecule has 5 nitrogen and oxygen atoms in total. The summed E-state index contributed by atoms with van der Waals surface area (Å²) in [7, 11) is 0.447. The zero-order valence-corrected chi connectivity index (χ0v) is 19.4. The second kappa shape index (κ2) is 9.41. The number of imidazole rings is 1. The zero-order valence-electron chi connectivity index (χ0n) is 18.4. The second-order valence-electron chi connectivity index (χ2n) is 8.56. The minimum absolute atomic E-state index is 0.0705. The molecule has 0 unspecified atom stereocenters. The zero-order chi connectivity index (χ0) is 21.7. The van der Waals surface area contributed by atoms with Crippen LogP contribution in [0.15, 0.2) is 54.6 Å². The summed E-state index contributed by atoms with van der Waals surface area (Å²) in [5, 5.41) is 0. The minimum Gasteiger partial charge on any atom is -0.497 e. The van der Waals surface area contributed by atoms with Gasteiger partial charge in [-0.15, -0.1) is 0 Å². The number of carbonyl (C=O) groups excluding carboxylic acids is 1. The number of ether oxygens (including phenoxy) is 2. The van der Waals surface area contributed by atoms with Crippen molar-refractivity contribution in [3.63, 3.8) is 0 Å². The van der Waals surface area contributed by atoms with Gasteiger partial charge >= 0.3 is 0 Å². The Bertz CT molecular complexity index is 990. The molecule has 6 heteroatoms. The normalized spacial score (nSPS) is 11.5. The van der Waals surface area contributed by atoms with Crippen molar-refractivity contribution in [2.24, 2.45) is 0 Å². The van der Waals surface area contributed by atoms with Gasteiger partial charge in [-0.2, -0.15) is 0 Å². The maximum Gasteiger partial charge on any atom is 0.180 e. The van der Waals surface area contributed by atoms with Gasteiger partial charge in [-0.3, -0.25) is 9.36 Å². The molecular weight excluding hydrogens is 392 g/mol. The molecule has 1 aromatic heterocycles. The summed E-state index contributed by atoms with van der Waals surface area (Å²) in [6.07, 6.45) is 0. The van der Waals surface area contributed by atoms with Gasteiger partial charge in [0.15, 0.2) is 5.78 Å². The summed E-state index contributed by atoms with van der Waals surface area (Å²) in [4.78, 5) is 17.2. The summed E-state index contributed by atoms with van der Waals surface area (Å²) in [6, 6.07) is 18.7. The van der Waals surface area contributed by atoms with Crippen molar-refractivity contribution in [1.82, 2.24) is 9.55 Å². The number of ketones is 1. The van der Waals surface area contributed by atoms with Crippen LogP contribution in [0.4, 0.5) is 0 Å². The number of methoxy groups -OCH3 is 1. The molecule has 0 amide bonds. The van der Waals surface area contributed by atoms with Gasteiger partial charge in [-0.25, -0.2) is 4.98 Å².